The third-order valence-corrected chi connectivity index (χ3v) is 3.59. The highest BCUT2D eigenvalue weighted by Gasteiger charge is 2.52. The fraction of sp³-hybridized carbons (Fsp3) is 0.417. The van der Waals surface area contributed by atoms with E-state index in [2.05, 4.69) is 15.9 Å². The zero-order valence-electron chi connectivity index (χ0n) is 9.37. The minimum absolute atomic E-state index is 0.0353. The Balaban J connectivity index is 2.30. The van der Waals surface area contributed by atoms with Crippen molar-refractivity contribution in [1.29, 1.82) is 0 Å². The second kappa shape index (κ2) is 4.18. The molecule has 1 fully saturated rings. The number of carbonyl (C=O) groups is 1. The molecule has 2 rings (SSSR count). The average Bonchev–Trinajstić information content (AvgIpc) is 3.08. The maximum absolute atomic E-state index is 12.2. The lowest BCUT2D eigenvalue weighted by Crippen LogP contribution is -2.35. The minimum atomic E-state index is -0.353. The molecule has 4 heteroatoms. The monoisotopic (exact) mass is 283 g/mol. The lowest BCUT2D eigenvalue weighted by atomic mass is 9.95. The normalized spacial score (nSPS) is 16.9. The highest BCUT2D eigenvalue weighted by molar-refractivity contribution is 9.10. The van der Waals surface area contributed by atoms with E-state index in [1.54, 1.807) is 7.05 Å². The van der Waals surface area contributed by atoms with Crippen molar-refractivity contribution < 1.29 is 9.63 Å². The van der Waals surface area contributed by atoms with Crippen LogP contribution in [0.15, 0.2) is 28.7 Å². The van der Waals surface area contributed by atoms with Crippen LogP contribution >= 0.6 is 15.9 Å². The predicted octanol–water partition coefficient (Wildman–Crippen LogP) is 2.50. The molecular formula is C12H14BrNO2. The van der Waals surface area contributed by atoms with Gasteiger partial charge in [-0.25, -0.2) is 5.06 Å². The average molecular weight is 284 g/mol. The molecule has 86 valence electrons. The second-order valence-corrected chi connectivity index (χ2v) is 4.99. The van der Waals surface area contributed by atoms with Crippen molar-refractivity contribution in [3.63, 3.8) is 0 Å². The van der Waals surface area contributed by atoms with Gasteiger partial charge in [0.1, 0.15) is 0 Å². The van der Waals surface area contributed by atoms with Crippen LogP contribution in [0.4, 0.5) is 0 Å². The number of amides is 1. The third-order valence-electron chi connectivity index (χ3n) is 3.10. The van der Waals surface area contributed by atoms with E-state index in [0.717, 1.165) is 22.9 Å². The van der Waals surface area contributed by atoms with Crippen LogP contribution in [-0.4, -0.2) is 25.1 Å². The molecule has 1 aromatic carbocycles. The summed E-state index contributed by atoms with van der Waals surface area (Å²) in [6.45, 7) is 0. The molecule has 16 heavy (non-hydrogen) atoms. The summed E-state index contributed by atoms with van der Waals surface area (Å²) in [5.74, 6) is 0.0353. The summed E-state index contributed by atoms with van der Waals surface area (Å²) < 4.78 is 1.00. The van der Waals surface area contributed by atoms with E-state index in [9.17, 15) is 4.79 Å². The standard InChI is InChI=1S/C12H14BrNO2/c1-14(16-2)11(15)12(6-7-12)9-4-3-5-10(13)8-9/h3-5,8H,6-7H2,1-2H3. The molecule has 0 aromatic heterocycles. The number of hydrogen-bond donors (Lipinski definition) is 0. The summed E-state index contributed by atoms with van der Waals surface area (Å²) in [5, 5.41) is 1.31. The Labute approximate surface area is 103 Å². The minimum Gasteiger partial charge on any atom is -0.275 e. The van der Waals surface area contributed by atoms with Crippen LogP contribution in [0.1, 0.15) is 18.4 Å². The molecule has 1 aliphatic rings. The molecule has 0 bridgehead atoms. The number of nitrogens with zero attached hydrogens (tertiary/aromatic N) is 1. The molecule has 1 aliphatic carbocycles. The van der Waals surface area contributed by atoms with Crippen LogP contribution in [0, 0.1) is 0 Å². The lowest BCUT2D eigenvalue weighted by molar-refractivity contribution is -0.171. The van der Waals surface area contributed by atoms with Crippen molar-refractivity contribution in [3.05, 3.63) is 34.3 Å². The quantitative estimate of drug-likeness (QED) is 0.798. The third kappa shape index (κ3) is 1.87. The second-order valence-electron chi connectivity index (χ2n) is 4.08. The fourth-order valence-electron chi connectivity index (χ4n) is 1.92. The first kappa shape index (κ1) is 11.6. The number of hydrogen-bond acceptors (Lipinski definition) is 2. The molecule has 0 atom stereocenters. The van der Waals surface area contributed by atoms with Gasteiger partial charge in [-0.05, 0) is 30.5 Å². The zero-order valence-corrected chi connectivity index (χ0v) is 11.0. The van der Waals surface area contributed by atoms with Crippen molar-refractivity contribution in [3.8, 4) is 0 Å². The number of rotatable bonds is 3. The van der Waals surface area contributed by atoms with E-state index in [0.29, 0.717) is 0 Å². The summed E-state index contributed by atoms with van der Waals surface area (Å²) >= 11 is 3.43. The highest BCUT2D eigenvalue weighted by atomic mass is 79.9. The van der Waals surface area contributed by atoms with Gasteiger partial charge in [-0.2, -0.15) is 0 Å². The molecule has 0 unspecified atom stereocenters. The maximum atomic E-state index is 12.2. The van der Waals surface area contributed by atoms with Crippen molar-refractivity contribution in [2.24, 2.45) is 0 Å². The number of likely N-dealkylation sites (N-methyl/N-ethyl adjacent to an activating group) is 1. The molecule has 0 aliphatic heterocycles. The Morgan fingerprint density at radius 2 is 2.19 bits per heavy atom. The first-order valence-corrected chi connectivity index (χ1v) is 5.98. The lowest BCUT2D eigenvalue weighted by Gasteiger charge is -2.21. The van der Waals surface area contributed by atoms with Crippen LogP contribution in [-0.2, 0) is 15.0 Å². The Kier molecular flexibility index (Phi) is 3.04. The van der Waals surface area contributed by atoms with Gasteiger partial charge in [0.05, 0.1) is 12.5 Å². The Morgan fingerprint density at radius 3 is 2.69 bits per heavy atom. The summed E-state index contributed by atoms with van der Waals surface area (Å²) in [6, 6.07) is 7.93. The number of carbonyl (C=O) groups excluding carboxylic acids is 1. The van der Waals surface area contributed by atoms with Gasteiger partial charge in [-0.3, -0.25) is 9.63 Å². The molecule has 1 amide bonds. The van der Waals surface area contributed by atoms with Crippen molar-refractivity contribution in [2.75, 3.05) is 14.2 Å². The summed E-state index contributed by atoms with van der Waals surface area (Å²) in [7, 11) is 3.16. The van der Waals surface area contributed by atoms with Gasteiger partial charge in [0.15, 0.2) is 0 Å². The van der Waals surface area contributed by atoms with Crippen molar-refractivity contribution in [1.82, 2.24) is 5.06 Å². The largest absolute Gasteiger partial charge is 0.275 e. The van der Waals surface area contributed by atoms with Crippen LogP contribution in [0.5, 0.6) is 0 Å². The van der Waals surface area contributed by atoms with E-state index < -0.39 is 0 Å². The number of halogens is 1. The van der Waals surface area contributed by atoms with Gasteiger partial charge in [0.25, 0.3) is 5.91 Å². The molecule has 0 N–H and O–H groups in total. The molecule has 0 heterocycles. The van der Waals surface area contributed by atoms with Gasteiger partial charge < -0.3 is 0 Å². The molecule has 0 radical (unpaired) electrons. The molecule has 1 aromatic rings. The molecular weight excluding hydrogens is 270 g/mol. The van der Waals surface area contributed by atoms with Gasteiger partial charge >= 0.3 is 0 Å². The Morgan fingerprint density at radius 1 is 1.50 bits per heavy atom. The van der Waals surface area contributed by atoms with E-state index in [1.807, 2.05) is 24.3 Å². The summed E-state index contributed by atoms with van der Waals surface area (Å²) in [4.78, 5) is 17.1. The highest BCUT2D eigenvalue weighted by Crippen LogP contribution is 2.49. The molecule has 3 nitrogen and oxygen atoms in total. The number of benzene rings is 1. The van der Waals surface area contributed by atoms with Crippen LogP contribution in [0.2, 0.25) is 0 Å². The number of hydroxylamine groups is 2. The van der Waals surface area contributed by atoms with Gasteiger partial charge in [-0.1, -0.05) is 28.1 Å². The molecule has 0 spiro atoms. The first-order valence-electron chi connectivity index (χ1n) is 5.18. The Hall–Kier alpha value is -0.870. The molecule has 0 saturated heterocycles. The topological polar surface area (TPSA) is 29.5 Å². The van der Waals surface area contributed by atoms with E-state index in [-0.39, 0.29) is 11.3 Å². The smallest absolute Gasteiger partial charge is 0.256 e. The van der Waals surface area contributed by atoms with E-state index >= 15 is 0 Å². The van der Waals surface area contributed by atoms with Gasteiger partial charge in [0.2, 0.25) is 0 Å². The van der Waals surface area contributed by atoms with Gasteiger partial charge in [-0.15, -0.1) is 0 Å². The fourth-order valence-corrected chi connectivity index (χ4v) is 2.32. The van der Waals surface area contributed by atoms with Crippen LogP contribution in [0.25, 0.3) is 0 Å². The summed E-state index contributed by atoms with van der Waals surface area (Å²) in [5.41, 5.74) is 0.713. The van der Waals surface area contributed by atoms with Crippen molar-refractivity contribution >= 4 is 21.8 Å². The predicted molar refractivity (Wildman–Crippen MR) is 64.8 cm³/mol. The maximum Gasteiger partial charge on any atom is 0.256 e. The summed E-state index contributed by atoms with van der Waals surface area (Å²) in [6.07, 6.45) is 1.80. The van der Waals surface area contributed by atoms with Crippen LogP contribution in [0.3, 0.4) is 0 Å². The first-order chi connectivity index (χ1) is 7.60. The van der Waals surface area contributed by atoms with Gasteiger partial charge in [0, 0.05) is 11.5 Å². The van der Waals surface area contributed by atoms with Crippen molar-refractivity contribution in [2.45, 2.75) is 18.3 Å². The molecule has 1 saturated carbocycles. The van der Waals surface area contributed by atoms with Crippen LogP contribution < -0.4 is 0 Å². The zero-order chi connectivity index (χ0) is 11.8. The van der Waals surface area contributed by atoms with E-state index in [1.165, 1.54) is 12.2 Å². The van der Waals surface area contributed by atoms with E-state index in [4.69, 9.17) is 4.84 Å². The SMILES string of the molecule is CON(C)C(=O)C1(c2cccc(Br)c2)CC1. The Bertz CT molecular complexity index is 415.